The molecule has 1 saturated heterocycles. The second-order valence-corrected chi connectivity index (χ2v) is 8.10. The molecule has 3 aromatic carbocycles. The molecule has 0 radical (unpaired) electrons. The van der Waals surface area contributed by atoms with Gasteiger partial charge in [0.25, 0.3) is 0 Å². The van der Waals surface area contributed by atoms with E-state index in [-0.39, 0.29) is 35.0 Å². The predicted octanol–water partition coefficient (Wildman–Crippen LogP) is 2.49. The summed E-state index contributed by atoms with van der Waals surface area (Å²) in [6, 6.07) is 22.3. The van der Waals surface area contributed by atoms with Gasteiger partial charge in [-0.15, -0.1) is 0 Å². The van der Waals surface area contributed by atoms with Gasteiger partial charge in [-0.1, -0.05) is 60.7 Å². The van der Waals surface area contributed by atoms with Gasteiger partial charge in [0.15, 0.2) is 5.69 Å². The maximum Gasteiger partial charge on any atom is 0.238 e. The van der Waals surface area contributed by atoms with Crippen LogP contribution >= 0.6 is 0 Å². The number of hydrogen-bond acceptors (Lipinski definition) is 4. The average Bonchev–Trinajstić information content (AvgIpc) is 3.04. The lowest BCUT2D eigenvalue weighted by molar-refractivity contribution is -0.990. The second kappa shape index (κ2) is 6.09. The molecule has 4 aliphatic rings. The van der Waals surface area contributed by atoms with Crippen molar-refractivity contribution < 1.29 is 20.0 Å². The Morgan fingerprint density at radius 2 is 1.10 bits per heavy atom. The molecule has 3 aromatic rings. The Hall–Kier alpha value is -3.32. The Bertz CT molecular complexity index is 1110. The summed E-state index contributed by atoms with van der Waals surface area (Å²) in [6.45, 7) is 0. The first-order chi connectivity index (χ1) is 14.6. The van der Waals surface area contributed by atoms with Gasteiger partial charge in [-0.25, -0.2) is 10.1 Å². The molecule has 2 amide bonds. The summed E-state index contributed by atoms with van der Waals surface area (Å²) < 4.78 is 0. The van der Waals surface area contributed by atoms with Crippen molar-refractivity contribution in [2.75, 3.05) is 4.90 Å². The summed E-state index contributed by atoms with van der Waals surface area (Å²) in [7, 11) is 0. The fourth-order valence-electron chi connectivity index (χ4n) is 5.76. The molecule has 0 aromatic heterocycles. The molecule has 3 atom stereocenters. The van der Waals surface area contributed by atoms with Gasteiger partial charge >= 0.3 is 0 Å². The van der Waals surface area contributed by atoms with Crippen molar-refractivity contribution in [2.24, 2.45) is 11.8 Å². The highest BCUT2D eigenvalue weighted by Crippen LogP contribution is 2.61. The maximum absolute atomic E-state index is 13.6. The number of amides is 2. The minimum Gasteiger partial charge on any atom is -0.595 e. The Morgan fingerprint density at radius 1 is 0.700 bits per heavy atom. The summed E-state index contributed by atoms with van der Waals surface area (Å²) in [5.74, 6) is -2.06. The first-order valence-corrected chi connectivity index (χ1v) is 9.97. The number of carbonyl (C=O) groups is 2. The number of benzene rings is 3. The van der Waals surface area contributed by atoms with Crippen LogP contribution in [-0.4, -0.2) is 17.0 Å². The van der Waals surface area contributed by atoms with Crippen LogP contribution in [0.4, 0.5) is 11.4 Å². The molecule has 7 rings (SSSR count). The van der Waals surface area contributed by atoms with E-state index in [2.05, 4.69) is 0 Å². The van der Waals surface area contributed by atoms with E-state index in [4.69, 9.17) is 0 Å². The molecule has 3 unspecified atom stereocenters. The van der Waals surface area contributed by atoms with Crippen LogP contribution in [0.15, 0.2) is 72.8 Å². The number of quaternary nitrogens is 1. The highest BCUT2D eigenvalue weighted by molar-refractivity contribution is 6.24. The van der Waals surface area contributed by atoms with Crippen LogP contribution in [0.25, 0.3) is 0 Å². The zero-order chi connectivity index (χ0) is 20.6. The Labute approximate surface area is 172 Å². The lowest BCUT2D eigenvalue weighted by Gasteiger charge is -2.45. The smallest absolute Gasteiger partial charge is 0.238 e. The molecule has 3 aliphatic carbocycles. The van der Waals surface area contributed by atoms with Crippen LogP contribution in [0, 0.1) is 17.0 Å². The van der Waals surface area contributed by atoms with Crippen LogP contribution in [0.5, 0.6) is 0 Å². The number of carbonyl (C=O) groups excluding carboxylic acids is 2. The fourth-order valence-corrected chi connectivity index (χ4v) is 5.76. The molecule has 30 heavy (non-hydrogen) atoms. The third-order valence-corrected chi connectivity index (χ3v) is 6.82. The summed E-state index contributed by atoms with van der Waals surface area (Å²) in [4.78, 5) is 28.4. The molecule has 1 aliphatic heterocycles. The molecule has 0 saturated carbocycles. The van der Waals surface area contributed by atoms with Crippen LogP contribution in [0.2, 0.25) is 0 Å². The van der Waals surface area contributed by atoms with Gasteiger partial charge in [-0.05, 0) is 28.3 Å². The highest BCUT2D eigenvalue weighted by Gasteiger charge is 2.62. The number of rotatable bonds is 2. The van der Waals surface area contributed by atoms with Crippen LogP contribution in [-0.2, 0) is 9.59 Å². The minimum absolute atomic E-state index is 0.0415. The van der Waals surface area contributed by atoms with Gasteiger partial charge in [0.1, 0.15) is 5.69 Å². The van der Waals surface area contributed by atoms with Crippen molar-refractivity contribution in [1.82, 2.24) is 0 Å². The molecule has 2 bridgehead atoms. The van der Waals surface area contributed by atoms with Crippen LogP contribution in [0.1, 0.15) is 34.1 Å². The predicted molar refractivity (Wildman–Crippen MR) is 108 cm³/mol. The highest BCUT2D eigenvalue weighted by atomic mass is 16.8. The Kier molecular flexibility index (Phi) is 3.56. The number of anilines is 1. The zero-order valence-corrected chi connectivity index (χ0v) is 15.9. The molecule has 148 valence electrons. The quantitative estimate of drug-likeness (QED) is 0.513. The monoisotopic (exact) mass is 398 g/mol. The van der Waals surface area contributed by atoms with E-state index in [0.29, 0.717) is 0 Å². The molecular formula is C24H18N2O4. The van der Waals surface area contributed by atoms with E-state index in [0.717, 1.165) is 27.2 Å². The number of imide groups is 1. The number of nitrogens with one attached hydrogen (secondary N) is 1. The number of hydrogen-bond donors (Lipinski definition) is 2. The van der Waals surface area contributed by atoms with E-state index >= 15 is 0 Å². The Morgan fingerprint density at radius 3 is 1.53 bits per heavy atom. The first-order valence-electron chi connectivity index (χ1n) is 9.97. The molecule has 6 heteroatoms. The second-order valence-electron chi connectivity index (χ2n) is 8.10. The summed E-state index contributed by atoms with van der Waals surface area (Å²) in [6.07, 6.45) is 0. The van der Waals surface area contributed by atoms with Crippen LogP contribution < -0.4 is 10.1 Å². The van der Waals surface area contributed by atoms with Gasteiger partial charge in [0.2, 0.25) is 11.8 Å². The summed E-state index contributed by atoms with van der Waals surface area (Å²) in [5, 5.41) is 20.2. The SMILES string of the molecule is O=C1C2C3c4ccccc4C(c4ccccc43)C2C(=O)N1c1ccccc1[NH+]([O-])O. The molecular weight excluding hydrogens is 380 g/mol. The minimum atomic E-state index is -1.16. The topological polar surface area (TPSA) is 85.1 Å². The fraction of sp³-hybridized carbons (Fsp3) is 0.167. The standard InChI is InChI=1S/C24H18N2O4/c27-23-21-19-13-7-1-2-8-14(13)20(16-10-4-3-9-15(16)19)22(21)24(28)25(23)17-11-5-6-12-18(17)26(29)30/h1-12,19-22,26,29H. The zero-order valence-electron chi connectivity index (χ0n) is 15.9. The lowest BCUT2D eigenvalue weighted by atomic mass is 9.55. The molecule has 1 fully saturated rings. The van der Waals surface area contributed by atoms with E-state index in [9.17, 15) is 20.0 Å². The Balaban J connectivity index is 1.57. The lowest BCUT2D eigenvalue weighted by Crippen LogP contribution is -2.99. The van der Waals surface area contributed by atoms with Crippen LogP contribution in [0.3, 0.4) is 0 Å². The average molecular weight is 398 g/mol. The van der Waals surface area contributed by atoms with E-state index in [1.54, 1.807) is 18.2 Å². The van der Waals surface area contributed by atoms with Crippen molar-refractivity contribution in [1.29, 1.82) is 0 Å². The van der Waals surface area contributed by atoms with Crippen molar-refractivity contribution in [3.63, 3.8) is 0 Å². The maximum atomic E-state index is 13.6. The van der Waals surface area contributed by atoms with Gasteiger partial charge in [0, 0.05) is 17.9 Å². The van der Waals surface area contributed by atoms with Gasteiger partial charge in [-0.3, -0.25) is 9.59 Å². The van der Waals surface area contributed by atoms with Crippen molar-refractivity contribution in [3.8, 4) is 0 Å². The van der Waals surface area contributed by atoms with Gasteiger partial charge in [-0.2, -0.15) is 5.23 Å². The van der Waals surface area contributed by atoms with E-state index < -0.39 is 17.1 Å². The van der Waals surface area contributed by atoms with Crippen molar-refractivity contribution in [3.05, 3.63) is 100 Å². The summed E-state index contributed by atoms with van der Waals surface area (Å²) in [5.41, 5.74) is 4.49. The third kappa shape index (κ3) is 2.07. The van der Waals surface area contributed by atoms with Crippen molar-refractivity contribution in [2.45, 2.75) is 11.8 Å². The molecule has 2 N–H and O–H groups in total. The van der Waals surface area contributed by atoms with Gasteiger partial charge < -0.3 is 5.21 Å². The summed E-state index contributed by atoms with van der Waals surface area (Å²) >= 11 is 0. The number of para-hydroxylation sites is 2. The third-order valence-electron chi connectivity index (χ3n) is 6.82. The number of nitrogens with zero attached hydrogens (tertiary/aromatic N) is 1. The normalized spacial score (nSPS) is 26.9. The largest absolute Gasteiger partial charge is 0.595 e. The molecule has 0 spiro atoms. The van der Waals surface area contributed by atoms with Gasteiger partial charge in [0.05, 0.1) is 11.8 Å². The first kappa shape index (κ1) is 17.5. The van der Waals surface area contributed by atoms with E-state index in [1.165, 1.54) is 6.07 Å². The molecule has 1 heterocycles. The van der Waals surface area contributed by atoms with Crippen molar-refractivity contribution >= 4 is 23.2 Å². The van der Waals surface area contributed by atoms with E-state index in [1.807, 2.05) is 48.5 Å². The molecule has 6 nitrogen and oxygen atoms in total.